The Morgan fingerprint density at radius 1 is 1.20 bits per heavy atom. The van der Waals surface area contributed by atoms with Crippen molar-refractivity contribution < 1.29 is 14.6 Å². The standard InChI is InChI=1S/C14H11Cl2NO3/c1-20-12-5-3-2-4-9(12)14(19)17-8-6-10(15)13(18)11(16)7-8/h2-7,18H,1H3,(H,17,19). The topological polar surface area (TPSA) is 58.6 Å². The SMILES string of the molecule is COc1ccccc1C(=O)Nc1cc(Cl)c(O)c(Cl)c1. The minimum Gasteiger partial charge on any atom is -0.505 e. The van der Waals surface area contributed by atoms with E-state index in [2.05, 4.69) is 5.32 Å². The number of hydrogen-bond acceptors (Lipinski definition) is 3. The van der Waals surface area contributed by atoms with Crippen LogP contribution < -0.4 is 10.1 Å². The third-order valence-electron chi connectivity index (χ3n) is 2.63. The van der Waals surface area contributed by atoms with E-state index in [9.17, 15) is 9.90 Å². The fourth-order valence-electron chi connectivity index (χ4n) is 1.67. The van der Waals surface area contributed by atoms with Gasteiger partial charge in [0.2, 0.25) is 0 Å². The van der Waals surface area contributed by atoms with Gasteiger partial charge in [0.05, 0.1) is 22.7 Å². The number of aromatic hydroxyl groups is 1. The number of ether oxygens (including phenoxy) is 1. The molecule has 0 bridgehead atoms. The number of methoxy groups -OCH3 is 1. The summed E-state index contributed by atoms with van der Waals surface area (Å²) >= 11 is 11.6. The number of phenols is 1. The van der Waals surface area contributed by atoms with E-state index in [0.717, 1.165) is 0 Å². The maximum absolute atomic E-state index is 12.2. The Kier molecular flexibility index (Phi) is 4.37. The molecule has 0 atom stereocenters. The number of nitrogens with one attached hydrogen (secondary N) is 1. The lowest BCUT2D eigenvalue weighted by molar-refractivity contribution is 0.102. The molecule has 0 spiro atoms. The van der Waals surface area contributed by atoms with Crippen molar-refractivity contribution in [3.05, 3.63) is 52.0 Å². The molecule has 0 aliphatic rings. The molecule has 2 aromatic carbocycles. The zero-order valence-electron chi connectivity index (χ0n) is 10.5. The fraction of sp³-hybridized carbons (Fsp3) is 0.0714. The van der Waals surface area contributed by atoms with Gasteiger partial charge in [0.15, 0.2) is 5.75 Å². The Hall–Kier alpha value is -1.91. The number of hydrogen-bond donors (Lipinski definition) is 2. The zero-order valence-corrected chi connectivity index (χ0v) is 12.0. The molecule has 20 heavy (non-hydrogen) atoms. The highest BCUT2D eigenvalue weighted by Gasteiger charge is 2.13. The average Bonchev–Trinajstić information content (AvgIpc) is 2.44. The molecule has 0 aromatic heterocycles. The highest BCUT2D eigenvalue weighted by Crippen LogP contribution is 2.34. The van der Waals surface area contributed by atoms with Crippen molar-refractivity contribution in [3.63, 3.8) is 0 Å². The third-order valence-corrected chi connectivity index (χ3v) is 3.20. The highest BCUT2D eigenvalue weighted by atomic mass is 35.5. The van der Waals surface area contributed by atoms with E-state index in [4.69, 9.17) is 27.9 Å². The van der Waals surface area contributed by atoms with Crippen molar-refractivity contribution in [2.75, 3.05) is 12.4 Å². The molecule has 4 nitrogen and oxygen atoms in total. The molecule has 0 radical (unpaired) electrons. The molecular formula is C14H11Cl2NO3. The number of halogens is 2. The number of phenolic OH excluding ortho intramolecular Hbond substituents is 1. The van der Waals surface area contributed by atoms with Crippen molar-refractivity contribution in [3.8, 4) is 11.5 Å². The predicted octanol–water partition coefficient (Wildman–Crippen LogP) is 3.96. The van der Waals surface area contributed by atoms with E-state index in [1.807, 2.05) is 0 Å². The van der Waals surface area contributed by atoms with Crippen LogP contribution in [0.3, 0.4) is 0 Å². The van der Waals surface area contributed by atoms with Gasteiger partial charge in [-0.3, -0.25) is 4.79 Å². The molecule has 6 heteroatoms. The summed E-state index contributed by atoms with van der Waals surface area (Å²) in [5.74, 6) is -0.120. The number of rotatable bonds is 3. The van der Waals surface area contributed by atoms with Crippen LogP contribution in [0.5, 0.6) is 11.5 Å². The molecule has 2 rings (SSSR count). The number of amides is 1. The monoisotopic (exact) mass is 311 g/mol. The van der Waals surface area contributed by atoms with Gasteiger partial charge in [-0.1, -0.05) is 35.3 Å². The van der Waals surface area contributed by atoms with Gasteiger partial charge in [-0.2, -0.15) is 0 Å². The second-order valence-electron chi connectivity index (χ2n) is 3.94. The first-order valence-electron chi connectivity index (χ1n) is 5.65. The summed E-state index contributed by atoms with van der Waals surface area (Å²) in [7, 11) is 1.49. The molecule has 0 saturated carbocycles. The number of anilines is 1. The second-order valence-corrected chi connectivity index (χ2v) is 4.76. The number of para-hydroxylation sites is 1. The van der Waals surface area contributed by atoms with E-state index in [0.29, 0.717) is 17.0 Å². The first kappa shape index (κ1) is 14.5. The Labute approximate surface area is 125 Å². The predicted molar refractivity (Wildman–Crippen MR) is 79.1 cm³/mol. The van der Waals surface area contributed by atoms with Gasteiger partial charge >= 0.3 is 0 Å². The molecule has 2 aromatic rings. The molecule has 0 aliphatic carbocycles. The maximum atomic E-state index is 12.2. The summed E-state index contributed by atoms with van der Waals surface area (Å²) in [5, 5.41) is 12.2. The molecule has 0 heterocycles. The molecular weight excluding hydrogens is 301 g/mol. The summed E-state index contributed by atoms with van der Waals surface area (Å²) in [4.78, 5) is 12.2. The number of carbonyl (C=O) groups is 1. The van der Waals surface area contributed by atoms with Crippen molar-refractivity contribution in [1.82, 2.24) is 0 Å². The summed E-state index contributed by atoms with van der Waals surface area (Å²) in [6.45, 7) is 0. The van der Waals surface area contributed by atoms with Gasteiger partial charge in [0.25, 0.3) is 5.91 Å². The molecule has 0 fully saturated rings. The lowest BCUT2D eigenvalue weighted by Crippen LogP contribution is -2.13. The van der Waals surface area contributed by atoms with Gasteiger partial charge in [-0.05, 0) is 24.3 Å². The molecule has 104 valence electrons. The Morgan fingerprint density at radius 2 is 1.80 bits per heavy atom. The van der Waals surface area contributed by atoms with Crippen LogP contribution >= 0.6 is 23.2 Å². The van der Waals surface area contributed by atoms with E-state index in [1.54, 1.807) is 24.3 Å². The van der Waals surface area contributed by atoms with Crippen LogP contribution in [0, 0.1) is 0 Å². The number of benzene rings is 2. The Morgan fingerprint density at radius 3 is 2.40 bits per heavy atom. The van der Waals surface area contributed by atoms with E-state index in [-0.39, 0.29) is 21.7 Å². The minimum absolute atomic E-state index is 0.0628. The van der Waals surface area contributed by atoms with Crippen LogP contribution in [-0.4, -0.2) is 18.1 Å². The van der Waals surface area contributed by atoms with E-state index in [1.165, 1.54) is 19.2 Å². The summed E-state index contributed by atoms with van der Waals surface area (Å²) in [5.41, 5.74) is 0.768. The quantitative estimate of drug-likeness (QED) is 0.843. The van der Waals surface area contributed by atoms with E-state index >= 15 is 0 Å². The van der Waals surface area contributed by atoms with Crippen molar-refractivity contribution in [2.24, 2.45) is 0 Å². The van der Waals surface area contributed by atoms with Crippen LogP contribution in [0.4, 0.5) is 5.69 Å². The molecule has 0 unspecified atom stereocenters. The van der Waals surface area contributed by atoms with Crippen LogP contribution in [0.2, 0.25) is 10.0 Å². The van der Waals surface area contributed by atoms with Crippen LogP contribution in [0.1, 0.15) is 10.4 Å². The Balaban J connectivity index is 2.28. The number of carbonyl (C=O) groups excluding carboxylic acids is 1. The van der Waals surface area contributed by atoms with E-state index < -0.39 is 0 Å². The first-order chi connectivity index (χ1) is 9.52. The normalized spacial score (nSPS) is 10.2. The van der Waals surface area contributed by atoms with Crippen molar-refractivity contribution in [2.45, 2.75) is 0 Å². The molecule has 1 amide bonds. The smallest absolute Gasteiger partial charge is 0.259 e. The minimum atomic E-state index is -0.361. The fourth-order valence-corrected chi connectivity index (χ4v) is 2.16. The summed E-state index contributed by atoms with van der Waals surface area (Å²) < 4.78 is 5.12. The van der Waals surface area contributed by atoms with Crippen LogP contribution in [0.25, 0.3) is 0 Å². The molecule has 2 N–H and O–H groups in total. The van der Waals surface area contributed by atoms with Crippen molar-refractivity contribution in [1.29, 1.82) is 0 Å². The third kappa shape index (κ3) is 2.98. The van der Waals surface area contributed by atoms with Gasteiger partial charge in [-0.15, -0.1) is 0 Å². The largest absolute Gasteiger partial charge is 0.505 e. The Bertz CT molecular complexity index is 636. The van der Waals surface area contributed by atoms with Crippen molar-refractivity contribution >= 4 is 34.8 Å². The zero-order chi connectivity index (χ0) is 14.7. The maximum Gasteiger partial charge on any atom is 0.259 e. The lowest BCUT2D eigenvalue weighted by Gasteiger charge is -2.10. The van der Waals surface area contributed by atoms with Gasteiger partial charge in [-0.25, -0.2) is 0 Å². The molecule has 0 saturated heterocycles. The summed E-state index contributed by atoms with van der Waals surface area (Å²) in [6.07, 6.45) is 0. The first-order valence-corrected chi connectivity index (χ1v) is 6.41. The average molecular weight is 312 g/mol. The second kappa shape index (κ2) is 6.03. The molecule has 0 aliphatic heterocycles. The highest BCUT2D eigenvalue weighted by molar-refractivity contribution is 6.37. The lowest BCUT2D eigenvalue weighted by atomic mass is 10.2. The summed E-state index contributed by atoms with van der Waals surface area (Å²) in [6, 6.07) is 9.65. The van der Waals surface area contributed by atoms with Crippen LogP contribution in [-0.2, 0) is 0 Å². The van der Waals surface area contributed by atoms with Gasteiger partial charge in [0, 0.05) is 5.69 Å². The van der Waals surface area contributed by atoms with Gasteiger partial charge < -0.3 is 15.2 Å². The van der Waals surface area contributed by atoms with Crippen LogP contribution in [0.15, 0.2) is 36.4 Å². The van der Waals surface area contributed by atoms with Gasteiger partial charge in [0.1, 0.15) is 5.75 Å².